The van der Waals surface area contributed by atoms with E-state index in [4.69, 9.17) is 0 Å². The third-order valence-corrected chi connectivity index (χ3v) is 1.90. The van der Waals surface area contributed by atoms with E-state index in [2.05, 4.69) is 19.2 Å². The van der Waals surface area contributed by atoms with Gasteiger partial charge in [0.2, 0.25) is 5.91 Å². The van der Waals surface area contributed by atoms with Crippen molar-refractivity contribution in [3.8, 4) is 0 Å². The third-order valence-electron chi connectivity index (χ3n) is 1.90. The van der Waals surface area contributed by atoms with E-state index in [0.717, 1.165) is 32.2 Å². The van der Waals surface area contributed by atoms with Crippen LogP contribution in [0.3, 0.4) is 0 Å². The van der Waals surface area contributed by atoms with Gasteiger partial charge in [0.1, 0.15) is 11.6 Å². The summed E-state index contributed by atoms with van der Waals surface area (Å²) in [6.45, 7) is 16.0. The van der Waals surface area contributed by atoms with Crippen LogP contribution >= 0.6 is 0 Å². The lowest BCUT2D eigenvalue weighted by Crippen LogP contribution is -2.20. The third kappa shape index (κ3) is 62.0. The molecule has 0 aromatic rings. The Morgan fingerprint density at radius 3 is 1.09 bits per heavy atom. The van der Waals surface area contributed by atoms with E-state index in [1.807, 2.05) is 27.7 Å². The molecule has 0 atom stereocenters. The number of rotatable bonds is 6. The molecular formula is C18H39NO3. The Labute approximate surface area is 138 Å². The van der Waals surface area contributed by atoms with Gasteiger partial charge in [0.05, 0.1) is 0 Å². The maximum absolute atomic E-state index is 10.3. The van der Waals surface area contributed by atoms with Gasteiger partial charge in [-0.1, -0.05) is 41.0 Å². The number of hydrogen-bond acceptors (Lipinski definition) is 3. The minimum Gasteiger partial charge on any atom is -0.356 e. The van der Waals surface area contributed by atoms with Gasteiger partial charge in [-0.25, -0.2) is 0 Å². The molecule has 0 saturated heterocycles. The minimum absolute atomic E-state index is 0.127. The molecule has 0 bridgehead atoms. The van der Waals surface area contributed by atoms with E-state index < -0.39 is 0 Å². The average Bonchev–Trinajstić information content (AvgIpc) is 2.41. The molecule has 0 unspecified atom stereocenters. The van der Waals surface area contributed by atoms with Crippen LogP contribution in [0.5, 0.6) is 0 Å². The molecule has 0 rings (SSSR count). The first kappa shape index (κ1) is 28.9. The predicted molar refractivity (Wildman–Crippen MR) is 96.1 cm³/mol. The molecule has 0 aromatic heterocycles. The Morgan fingerprint density at radius 2 is 1.05 bits per heavy atom. The van der Waals surface area contributed by atoms with Crippen LogP contribution < -0.4 is 5.32 Å². The summed E-state index contributed by atoms with van der Waals surface area (Å²) in [7, 11) is 0. The lowest BCUT2D eigenvalue weighted by Gasteiger charge is -1.93. The minimum atomic E-state index is 0.127. The zero-order chi connectivity index (χ0) is 18.4. The fourth-order valence-electron chi connectivity index (χ4n) is 1.03. The van der Waals surface area contributed by atoms with Crippen molar-refractivity contribution in [3.63, 3.8) is 0 Å². The van der Waals surface area contributed by atoms with Gasteiger partial charge in [0.15, 0.2) is 0 Å². The number of carbonyl (C=O) groups excluding carboxylic acids is 3. The maximum Gasteiger partial charge on any atom is 0.219 e. The molecule has 134 valence electrons. The Balaban J connectivity index is -0.000000102. The van der Waals surface area contributed by atoms with Crippen LogP contribution in [0.1, 0.15) is 93.9 Å². The lowest BCUT2D eigenvalue weighted by atomic mass is 10.3. The van der Waals surface area contributed by atoms with E-state index in [9.17, 15) is 14.4 Å². The number of carbonyl (C=O) groups is 3. The molecule has 4 nitrogen and oxygen atoms in total. The van der Waals surface area contributed by atoms with Crippen molar-refractivity contribution in [1.82, 2.24) is 5.32 Å². The molecule has 0 saturated carbocycles. The van der Waals surface area contributed by atoms with Gasteiger partial charge in [0.25, 0.3) is 0 Å². The number of hydrogen-bond donors (Lipinski definition) is 1. The molecule has 0 aliphatic carbocycles. The van der Waals surface area contributed by atoms with E-state index in [0.29, 0.717) is 6.42 Å². The smallest absolute Gasteiger partial charge is 0.219 e. The van der Waals surface area contributed by atoms with Gasteiger partial charge >= 0.3 is 0 Å². The standard InChI is InChI=1S/C5H11NO.2C5H10O.C3H8/c1-3-5(7)6-4-2;2*1-3-4-5(2)6;1-3-2/h3-4H2,1-2H3,(H,6,7);2*3-4H2,1-2H3;3H2,1-2H3. The van der Waals surface area contributed by atoms with E-state index in [-0.39, 0.29) is 17.5 Å². The van der Waals surface area contributed by atoms with Gasteiger partial charge in [0, 0.05) is 25.8 Å². The lowest BCUT2D eigenvalue weighted by molar-refractivity contribution is -0.120. The quantitative estimate of drug-likeness (QED) is 0.772. The zero-order valence-electron chi connectivity index (χ0n) is 16.2. The van der Waals surface area contributed by atoms with Crippen LogP contribution in [0.2, 0.25) is 0 Å². The molecule has 1 N–H and O–H groups in total. The first-order chi connectivity index (χ1) is 10.3. The molecule has 0 aromatic carbocycles. The summed E-state index contributed by atoms with van der Waals surface area (Å²) in [6.07, 6.45) is 5.28. The second-order valence-electron chi connectivity index (χ2n) is 4.92. The Bertz CT molecular complexity index is 235. The number of ketones is 2. The van der Waals surface area contributed by atoms with Crippen molar-refractivity contribution in [2.24, 2.45) is 0 Å². The largest absolute Gasteiger partial charge is 0.356 e. The molecule has 4 heteroatoms. The normalized spacial score (nSPS) is 8.00. The molecule has 0 spiro atoms. The van der Waals surface area contributed by atoms with Gasteiger partial charge in [-0.2, -0.15) is 0 Å². The summed E-state index contributed by atoms with van der Waals surface area (Å²) in [5.74, 6) is 0.706. The summed E-state index contributed by atoms with van der Waals surface area (Å²) in [4.78, 5) is 30.4. The molecule has 0 radical (unpaired) electrons. The van der Waals surface area contributed by atoms with Gasteiger partial charge in [-0.05, 0) is 33.6 Å². The highest BCUT2D eigenvalue weighted by atomic mass is 16.1. The molecule has 0 heterocycles. The van der Waals surface area contributed by atoms with Crippen molar-refractivity contribution < 1.29 is 14.4 Å². The average molecular weight is 318 g/mol. The van der Waals surface area contributed by atoms with Crippen LogP contribution in [0.15, 0.2) is 0 Å². The SMILES string of the molecule is CCC.CCCC(C)=O.CCCC(C)=O.CCNC(=O)CC. The molecule has 0 aliphatic rings. The second-order valence-corrected chi connectivity index (χ2v) is 4.92. The number of nitrogens with one attached hydrogen (secondary N) is 1. The Morgan fingerprint density at radius 1 is 0.727 bits per heavy atom. The molecule has 0 aliphatic heterocycles. The summed E-state index contributed by atoms with van der Waals surface area (Å²) < 4.78 is 0. The van der Waals surface area contributed by atoms with Crippen molar-refractivity contribution in [3.05, 3.63) is 0 Å². The Kier molecular flexibility index (Phi) is 36.8. The number of Topliss-reactive ketones (excluding diaryl/α,β-unsaturated/α-hetero) is 2. The van der Waals surface area contributed by atoms with Crippen molar-refractivity contribution in [2.45, 2.75) is 93.9 Å². The molecule has 1 amide bonds. The highest BCUT2D eigenvalue weighted by Gasteiger charge is 1.88. The summed E-state index contributed by atoms with van der Waals surface area (Å²) in [6, 6.07) is 0. The van der Waals surface area contributed by atoms with Crippen LogP contribution in [-0.4, -0.2) is 24.0 Å². The number of amides is 1. The van der Waals surface area contributed by atoms with Gasteiger partial charge in [-0.15, -0.1) is 0 Å². The monoisotopic (exact) mass is 317 g/mol. The Hall–Kier alpha value is -1.19. The van der Waals surface area contributed by atoms with Crippen LogP contribution in [-0.2, 0) is 14.4 Å². The first-order valence-electron chi connectivity index (χ1n) is 8.52. The highest BCUT2D eigenvalue weighted by Crippen LogP contribution is 1.85. The van der Waals surface area contributed by atoms with E-state index in [1.54, 1.807) is 13.8 Å². The van der Waals surface area contributed by atoms with Crippen molar-refractivity contribution in [2.75, 3.05) is 6.54 Å². The predicted octanol–water partition coefficient (Wildman–Crippen LogP) is 4.70. The molecule has 22 heavy (non-hydrogen) atoms. The highest BCUT2D eigenvalue weighted by molar-refractivity contribution is 5.75. The van der Waals surface area contributed by atoms with Crippen LogP contribution in [0.25, 0.3) is 0 Å². The van der Waals surface area contributed by atoms with Gasteiger partial charge in [-0.3, -0.25) is 4.79 Å². The van der Waals surface area contributed by atoms with Crippen molar-refractivity contribution >= 4 is 17.5 Å². The topological polar surface area (TPSA) is 63.2 Å². The summed E-state index contributed by atoms with van der Waals surface area (Å²) >= 11 is 0. The van der Waals surface area contributed by atoms with E-state index >= 15 is 0 Å². The first-order valence-corrected chi connectivity index (χ1v) is 8.52. The fraction of sp³-hybridized carbons (Fsp3) is 0.833. The van der Waals surface area contributed by atoms with Crippen molar-refractivity contribution in [1.29, 1.82) is 0 Å². The van der Waals surface area contributed by atoms with Gasteiger partial charge < -0.3 is 14.9 Å². The van der Waals surface area contributed by atoms with Crippen LogP contribution in [0.4, 0.5) is 0 Å². The van der Waals surface area contributed by atoms with E-state index in [1.165, 1.54) is 6.42 Å². The summed E-state index contributed by atoms with van der Waals surface area (Å²) in [5, 5.41) is 2.66. The maximum atomic E-state index is 10.3. The molecular weight excluding hydrogens is 278 g/mol. The fourth-order valence-corrected chi connectivity index (χ4v) is 1.03. The molecule has 0 fully saturated rings. The van der Waals surface area contributed by atoms with Crippen LogP contribution in [0, 0.1) is 0 Å². The zero-order valence-corrected chi connectivity index (χ0v) is 16.2. The summed E-state index contributed by atoms with van der Waals surface area (Å²) in [5.41, 5.74) is 0. The second kappa shape index (κ2) is 28.0.